The molecule has 0 aliphatic heterocycles. The standard InChI is InChI=1S/C15H19FN2S/c1-14(2)12(15(14,3)4)8-18-11-6-5-9(16)7-10(11)17-13(18)19/h5-7,12H,8H2,1-4H3,(H,17,19). The van der Waals surface area contributed by atoms with E-state index in [1.54, 1.807) is 6.07 Å². The molecule has 2 nitrogen and oxygen atoms in total. The van der Waals surface area contributed by atoms with E-state index in [1.165, 1.54) is 12.1 Å². The minimum absolute atomic E-state index is 0.233. The Bertz CT molecular complexity index is 694. The highest BCUT2D eigenvalue weighted by molar-refractivity contribution is 7.71. The predicted molar refractivity (Wildman–Crippen MR) is 78.1 cm³/mol. The molecule has 3 rings (SSSR count). The van der Waals surface area contributed by atoms with Crippen molar-refractivity contribution in [1.29, 1.82) is 0 Å². The molecule has 1 aliphatic carbocycles. The topological polar surface area (TPSA) is 20.7 Å². The first-order valence-corrected chi connectivity index (χ1v) is 7.04. The van der Waals surface area contributed by atoms with Crippen LogP contribution in [0.4, 0.5) is 4.39 Å². The second-order valence-corrected chi connectivity index (χ2v) is 7.08. The van der Waals surface area contributed by atoms with Crippen molar-refractivity contribution in [2.75, 3.05) is 0 Å². The average Bonchev–Trinajstić information content (AvgIpc) is 2.57. The van der Waals surface area contributed by atoms with Gasteiger partial charge in [-0.2, -0.15) is 0 Å². The Balaban J connectivity index is 2.03. The van der Waals surface area contributed by atoms with Crippen LogP contribution in [-0.2, 0) is 6.54 Å². The van der Waals surface area contributed by atoms with Crippen molar-refractivity contribution in [2.45, 2.75) is 34.2 Å². The fourth-order valence-electron chi connectivity index (χ4n) is 3.29. The lowest BCUT2D eigenvalue weighted by molar-refractivity contribution is 0.457. The van der Waals surface area contributed by atoms with Gasteiger partial charge in [0.05, 0.1) is 11.0 Å². The van der Waals surface area contributed by atoms with Gasteiger partial charge in [0.25, 0.3) is 0 Å². The molecular formula is C15H19FN2S. The van der Waals surface area contributed by atoms with E-state index in [2.05, 4.69) is 37.2 Å². The number of nitrogens with one attached hydrogen (secondary N) is 1. The number of aromatic amines is 1. The lowest BCUT2D eigenvalue weighted by Gasteiger charge is -2.06. The Morgan fingerprint density at radius 2 is 1.89 bits per heavy atom. The van der Waals surface area contributed by atoms with Crippen LogP contribution in [0.2, 0.25) is 0 Å². The highest BCUT2D eigenvalue weighted by atomic mass is 32.1. The number of hydrogen-bond donors (Lipinski definition) is 1. The van der Waals surface area contributed by atoms with E-state index >= 15 is 0 Å². The molecule has 1 N–H and O–H groups in total. The second kappa shape index (κ2) is 3.69. The van der Waals surface area contributed by atoms with Gasteiger partial charge in [0.15, 0.2) is 4.77 Å². The molecule has 0 unspecified atom stereocenters. The minimum Gasteiger partial charge on any atom is -0.330 e. The van der Waals surface area contributed by atoms with Crippen molar-refractivity contribution >= 4 is 23.3 Å². The maximum absolute atomic E-state index is 13.2. The summed E-state index contributed by atoms with van der Waals surface area (Å²) < 4.78 is 16.0. The summed E-state index contributed by atoms with van der Waals surface area (Å²) in [6, 6.07) is 4.80. The van der Waals surface area contributed by atoms with Crippen molar-refractivity contribution < 1.29 is 4.39 Å². The van der Waals surface area contributed by atoms with Crippen LogP contribution in [0, 0.1) is 27.3 Å². The molecule has 0 amide bonds. The maximum atomic E-state index is 13.2. The first-order valence-electron chi connectivity index (χ1n) is 6.63. The van der Waals surface area contributed by atoms with E-state index in [1.807, 2.05) is 0 Å². The van der Waals surface area contributed by atoms with Gasteiger partial charge in [-0.15, -0.1) is 0 Å². The molecule has 0 spiro atoms. The van der Waals surface area contributed by atoms with Gasteiger partial charge in [0.1, 0.15) is 5.82 Å². The summed E-state index contributed by atoms with van der Waals surface area (Å²) in [7, 11) is 0. The third-order valence-corrected chi connectivity index (χ3v) is 5.74. The molecule has 1 aromatic carbocycles. The van der Waals surface area contributed by atoms with Crippen LogP contribution >= 0.6 is 12.2 Å². The molecule has 19 heavy (non-hydrogen) atoms. The van der Waals surface area contributed by atoms with Gasteiger partial charge >= 0.3 is 0 Å². The molecule has 1 fully saturated rings. The van der Waals surface area contributed by atoms with Crippen molar-refractivity contribution in [3.8, 4) is 0 Å². The molecule has 0 saturated heterocycles. The Morgan fingerprint density at radius 3 is 2.47 bits per heavy atom. The van der Waals surface area contributed by atoms with E-state index in [0.717, 1.165) is 17.6 Å². The van der Waals surface area contributed by atoms with Crippen LogP contribution in [0.25, 0.3) is 11.0 Å². The number of aromatic nitrogens is 2. The molecule has 1 heterocycles. The normalized spacial score (nSPS) is 20.9. The fraction of sp³-hybridized carbons (Fsp3) is 0.533. The molecule has 0 atom stereocenters. The quantitative estimate of drug-likeness (QED) is 0.801. The number of fused-ring (bicyclic) bond motifs is 1. The van der Waals surface area contributed by atoms with Gasteiger partial charge in [0.2, 0.25) is 0 Å². The molecule has 1 saturated carbocycles. The maximum Gasteiger partial charge on any atom is 0.178 e. The van der Waals surface area contributed by atoms with Crippen LogP contribution in [0.15, 0.2) is 18.2 Å². The molecular weight excluding hydrogens is 259 g/mol. The number of rotatable bonds is 2. The van der Waals surface area contributed by atoms with Gasteiger partial charge in [-0.25, -0.2) is 4.39 Å². The highest BCUT2D eigenvalue weighted by Gasteiger charge is 2.64. The third kappa shape index (κ3) is 1.69. The van der Waals surface area contributed by atoms with Gasteiger partial charge in [-0.05, 0) is 47.2 Å². The second-order valence-electron chi connectivity index (χ2n) is 6.70. The number of benzene rings is 1. The van der Waals surface area contributed by atoms with E-state index in [-0.39, 0.29) is 5.82 Å². The van der Waals surface area contributed by atoms with Crippen LogP contribution in [0.1, 0.15) is 27.7 Å². The SMILES string of the molecule is CC1(C)C(Cn2c(=S)[nH]c3cc(F)ccc32)C1(C)C. The van der Waals surface area contributed by atoms with Crippen molar-refractivity contribution in [3.63, 3.8) is 0 Å². The summed E-state index contributed by atoms with van der Waals surface area (Å²) in [5, 5.41) is 0. The van der Waals surface area contributed by atoms with Crippen molar-refractivity contribution in [1.82, 2.24) is 9.55 Å². The lowest BCUT2D eigenvalue weighted by atomic mass is 10.0. The van der Waals surface area contributed by atoms with Crippen LogP contribution in [0.5, 0.6) is 0 Å². The molecule has 1 aliphatic rings. The zero-order chi connectivity index (χ0) is 14.0. The molecule has 1 aromatic heterocycles. The first-order chi connectivity index (χ1) is 8.75. The van der Waals surface area contributed by atoms with Gasteiger partial charge in [0, 0.05) is 6.54 Å². The van der Waals surface area contributed by atoms with E-state index in [4.69, 9.17) is 12.2 Å². The van der Waals surface area contributed by atoms with Crippen LogP contribution in [0.3, 0.4) is 0 Å². The van der Waals surface area contributed by atoms with Crippen molar-refractivity contribution in [2.24, 2.45) is 16.7 Å². The summed E-state index contributed by atoms with van der Waals surface area (Å²) >= 11 is 5.38. The molecule has 4 heteroatoms. The first kappa shape index (κ1) is 12.9. The summed E-state index contributed by atoms with van der Waals surface area (Å²) in [6.07, 6.45) is 0. The number of imidazole rings is 1. The smallest absolute Gasteiger partial charge is 0.178 e. The zero-order valence-electron chi connectivity index (χ0n) is 11.7. The molecule has 0 radical (unpaired) electrons. The predicted octanol–water partition coefficient (Wildman–Crippen LogP) is 4.52. The zero-order valence-corrected chi connectivity index (χ0v) is 12.6. The summed E-state index contributed by atoms with van der Waals surface area (Å²) in [5.41, 5.74) is 2.42. The Labute approximate surface area is 117 Å². The third-order valence-electron chi connectivity index (χ3n) is 5.42. The number of hydrogen-bond acceptors (Lipinski definition) is 1. The van der Waals surface area contributed by atoms with Crippen LogP contribution < -0.4 is 0 Å². The van der Waals surface area contributed by atoms with E-state index in [9.17, 15) is 4.39 Å². The minimum atomic E-state index is -0.233. The Morgan fingerprint density at radius 1 is 1.26 bits per heavy atom. The summed E-state index contributed by atoms with van der Waals surface area (Å²) in [5.74, 6) is 0.360. The van der Waals surface area contributed by atoms with Gasteiger partial charge in [-0.1, -0.05) is 27.7 Å². The molecule has 2 aromatic rings. The monoisotopic (exact) mass is 278 g/mol. The van der Waals surface area contributed by atoms with E-state index in [0.29, 0.717) is 21.5 Å². The van der Waals surface area contributed by atoms with Crippen LogP contribution in [-0.4, -0.2) is 9.55 Å². The number of H-pyrrole nitrogens is 1. The largest absolute Gasteiger partial charge is 0.330 e. The average molecular weight is 278 g/mol. The Kier molecular flexibility index (Phi) is 2.50. The molecule has 102 valence electrons. The summed E-state index contributed by atoms with van der Waals surface area (Å²) in [4.78, 5) is 3.09. The number of nitrogens with zero attached hydrogens (tertiary/aromatic N) is 1. The number of halogens is 1. The van der Waals surface area contributed by atoms with Gasteiger partial charge in [-0.3, -0.25) is 0 Å². The van der Waals surface area contributed by atoms with E-state index < -0.39 is 0 Å². The highest BCUT2D eigenvalue weighted by Crippen LogP contribution is 2.68. The molecule has 0 bridgehead atoms. The Hall–Kier alpha value is -1.16. The summed E-state index contributed by atoms with van der Waals surface area (Å²) in [6.45, 7) is 10.1. The van der Waals surface area contributed by atoms with Gasteiger partial charge < -0.3 is 9.55 Å². The fourth-order valence-corrected chi connectivity index (χ4v) is 3.57. The lowest BCUT2D eigenvalue weighted by Crippen LogP contribution is -2.04. The van der Waals surface area contributed by atoms with Crippen molar-refractivity contribution in [3.05, 3.63) is 28.8 Å².